The van der Waals surface area contributed by atoms with Crippen molar-refractivity contribution in [3.05, 3.63) is 36.2 Å². The molecule has 0 aliphatic heterocycles. The van der Waals surface area contributed by atoms with E-state index in [0.29, 0.717) is 17.1 Å². The highest BCUT2D eigenvalue weighted by atomic mass is 16.3. The van der Waals surface area contributed by atoms with Crippen LogP contribution in [0.15, 0.2) is 34.9 Å². The van der Waals surface area contributed by atoms with Crippen LogP contribution in [-0.2, 0) is 0 Å². The summed E-state index contributed by atoms with van der Waals surface area (Å²) < 4.78 is 5.42. The Morgan fingerprint density at radius 2 is 2.04 bits per heavy atom. The van der Waals surface area contributed by atoms with E-state index in [4.69, 9.17) is 10.2 Å². The molecule has 1 atom stereocenters. The van der Waals surface area contributed by atoms with Crippen LogP contribution in [0.3, 0.4) is 0 Å². The summed E-state index contributed by atoms with van der Waals surface area (Å²) in [5.41, 5.74) is 7.45. The van der Waals surface area contributed by atoms with Gasteiger partial charge in [-0.25, -0.2) is 4.98 Å². The van der Waals surface area contributed by atoms with Crippen LogP contribution in [0.2, 0.25) is 0 Å². The van der Waals surface area contributed by atoms with Crippen molar-refractivity contribution in [3.8, 4) is 11.5 Å². The number of nitrogens with one attached hydrogen (secondary N) is 1. The number of oxazole rings is 1. The molecule has 2 aromatic rings. The van der Waals surface area contributed by atoms with E-state index in [9.17, 15) is 4.79 Å². The molecule has 1 aromatic heterocycles. The van der Waals surface area contributed by atoms with E-state index < -0.39 is 0 Å². The number of aromatic nitrogens is 1. The number of hydrogen-bond donors (Lipinski definition) is 2. The second kappa shape index (κ2) is 9.22. The van der Waals surface area contributed by atoms with Gasteiger partial charge in [0.2, 0.25) is 5.89 Å². The van der Waals surface area contributed by atoms with Gasteiger partial charge in [-0.2, -0.15) is 0 Å². The van der Waals surface area contributed by atoms with Gasteiger partial charge in [-0.05, 0) is 51.5 Å². The smallest absolute Gasteiger partial charge is 0.273 e. The summed E-state index contributed by atoms with van der Waals surface area (Å²) in [6.07, 6.45) is 3.35. The number of nitrogens with zero attached hydrogens (tertiary/aromatic N) is 2. The van der Waals surface area contributed by atoms with E-state index in [-0.39, 0.29) is 17.6 Å². The lowest BCUT2D eigenvalue weighted by Gasteiger charge is -2.19. The summed E-state index contributed by atoms with van der Waals surface area (Å²) in [6, 6.07) is 7.38. The second-order valence-electron chi connectivity index (χ2n) is 6.17. The van der Waals surface area contributed by atoms with Crippen LogP contribution in [0.25, 0.3) is 11.5 Å². The van der Waals surface area contributed by atoms with Gasteiger partial charge in [0.15, 0.2) is 5.69 Å². The molecular weight excluding hydrogens is 316 g/mol. The number of benzene rings is 1. The molecule has 6 nitrogen and oxygen atoms in total. The Bertz CT molecular complexity index is 680. The molecule has 1 amide bonds. The van der Waals surface area contributed by atoms with Crippen molar-refractivity contribution in [2.45, 2.75) is 39.7 Å². The van der Waals surface area contributed by atoms with Gasteiger partial charge in [-0.3, -0.25) is 4.79 Å². The number of nitrogen functional groups attached to an aromatic ring is 1. The molecule has 0 fully saturated rings. The Balaban J connectivity index is 1.88. The molecule has 1 unspecified atom stereocenters. The zero-order valence-electron chi connectivity index (χ0n) is 15.3. The van der Waals surface area contributed by atoms with Crippen LogP contribution in [0.1, 0.15) is 44.1 Å². The number of carbonyl (C=O) groups excluding carboxylic acids is 1. The molecule has 136 valence electrons. The van der Waals surface area contributed by atoms with Crippen molar-refractivity contribution in [3.63, 3.8) is 0 Å². The van der Waals surface area contributed by atoms with E-state index >= 15 is 0 Å². The number of amides is 1. The first-order valence-corrected chi connectivity index (χ1v) is 8.88. The normalized spacial score (nSPS) is 12.3. The van der Waals surface area contributed by atoms with Gasteiger partial charge >= 0.3 is 0 Å². The van der Waals surface area contributed by atoms with Gasteiger partial charge in [0.05, 0.1) is 5.56 Å². The maximum absolute atomic E-state index is 12.3. The molecule has 0 aliphatic carbocycles. The van der Waals surface area contributed by atoms with Gasteiger partial charge in [-0.1, -0.05) is 26.0 Å². The number of rotatable bonds is 9. The minimum absolute atomic E-state index is 0.0880. The van der Waals surface area contributed by atoms with Crippen molar-refractivity contribution in [2.24, 2.45) is 0 Å². The lowest BCUT2D eigenvalue weighted by atomic mass is 10.1. The van der Waals surface area contributed by atoms with Crippen LogP contribution in [0.4, 0.5) is 5.69 Å². The second-order valence-corrected chi connectivity index (χ2v) is 6.17. The molecule has 0 radical (unpaired) electrons. The number of anilines is 1. The van der Waals surface area contributed by atoms with E-state index in [1.807, 2.05) is 25.1 Å². The summed E-state index contributed by atoms with van der Waals surface area (Å²) in [6.45, 7) is 9.50. The molecule has 6 heteroatoms. The highest BCUT2D eigenvalue weighted by molar-refractivity contribution is 5.92. The van der Waals surface area contributed by atoms with Gasteiger partial charge in [0, 0.05) is 11.7 Å². The van der Waals surface area contributed by atoms with Crippen molar-refractivity contribution >= 4 is 11.6 Å². The summed E-state index contributed by atoms with van der Waals surface area (Å²) in [7, 11) is 0. The predicted molar refractivity (Wildman–Crippen MR) is 100 cm³/mol. The van der Waals surface area contributed by atoms with E-state index in [1.165, 1.54) is 6.26 Å². The molecular formula is C19H28N4O2. The van der Waals surface area contributed by atoms with Crippen LogP contribution in [-0.4, -0.2) is 41.5 Å². The lowest BCUT2D eigenvalue weighted by Crippen LogP contribution is -2.33. The first kappa shape index (κ1) is 19.0. The first-order valence-electron chi connectivity index (χ1n) is 8.88. The Hall–Kier alpha value is -2.34. The third-order valence-electron chi connectivity index (χ3n) is 4.31. The summed E-state index contributed by atoms with van der Waals surface area (Å²) in [5.74, 6) is 0.136. The van der Waals surface area contributed by atoms with E-state index in [0.717, 1.165) is 32.5 Å². The summed E-state index contributed by atoms with van der Waals surface area (Å²) >= 11 is 0. The Morgan fingerprint density at radius 3 is 2.72 bits per heavy atom. The van der Waals surface area contributed by atoms with Gasteiger partial charge < -0.3 is 20.4 Å². The SMILES string of the molecule is CCN(CC)CCCC(C)NC(=O)c1coc(-c2ccccc2N)n1. The quantitative estimate of drug-likeness (QED) is 0.683. The van der Waals surface area contributed by atoms with Crippen molar-refractivity contribution in [1.29, 1.82) is 0 Å². The third-order valence-corrected chi connectivity index (χ3v) is 4.31. The van der Waals surface area contributed by atoms with Crippen molar-refractivity contribution in [1.82, 2.24) is 15.2 Å². The highest BCUT2D eigenvalue weighted by Gasteiger charge is 2.16. The third kappa shape index (κ3) is 5.32. The number of nitrogens with two attached hydrogens (primary N) is 1. The zero-order chi connectivity index (χ0) is 18.2. The van der Waals surface area contributed by atoms with Crippen LogP contribution in [0, 0.1) is 0 Å². The molecule has 0 bridgehead atoms. The van der Waals surface area contributed by atoms with Gasteiger partial charge in [-0.15, -0.1) is 0 Å². The van der Waals surface area contributed by atoms with Gasteiger partial charge in [0.1, 0.15) is 6.26 Å². The molecule has 0 saturated heterocycles. The maximum atomic E-state index is 12.3. The first-order chi connectivity index (χ1) is 12.0. The van der Waals surface area contributed by atoms with Crippen molar-refractivity contribution in [2.75, 3.05) is 25.4 Å². The van der Waals surface area contributed by atoms with Crippen LogP contribution in [0.5, 0.6) is 0 Å². The van der Waals surface area contributed by atoms with Gasteiger partial charge in [0.25, 0.3) is 5.91 Å². The molecule has 0 saturated carbocycles. The fourth-order valence-corrected chi connectivity index (χ4v) is 2.72. The molecule has 25 heavy (non-hydrogen) atoms. The Morgan fingerprint density at radius 1 is 1.32 bits per heavy atom. The average Bonchev–Trinajstić information content (AvgIpc) is 3.09. The average molecular weight is 344 g/mol. The molecule has 1 aromatic carbocycles. The number of hydrogen-bond acceptors (Lipinski definition) is 5. The Kier molecular flexibility index (Phi) is 7.01. The molecule has 2 rings (SSSR count). The van der Waals surface area contributed by atoms with E-state index in [2.05, 4.69) is 29.0 Å². The van der Waals surface area contributed by atoms with Crippen molar-refractivity contribution < 1.29 is 9.21 Å². The van der Waals surface area contributed by atoms with Crippen LogP contribution < -0.4 is 11.1 Å². The van der Waals surface area contributed by atoms with E-state index in [1.54, 1.807) is 6.07 Å². The Labute approximate surface area is 149 Å². The van der Waals surface area contributed by atoms with Crippen LogP contribution >= 0.6 is 0 Å². The highest BCUT2D eigenvalue weighted by Crippen LogP contribution is 2.24. The molecule has 3 N–H and O–H groups in total. The minimum Gasteiger partial charge on any atom is -0.444 e. The predicted octanol–water partition coefficient (Wildman–Crippen LogP) is 3.16. The molecule has 1 heterocycles. The maximum Gasteiger partial charge on any atom is 0.273 e. The zero-order valence-corrected chi connectivity index (χ0v) is 15.3. The summed E-state index contributed by atoms with van der Waals surface area (Å²) in [4.78, 5) is 19.0. The fourth-order valence-electron chi connectivity index (χ4n) is 2.72. The number of para-hydroxylation sites is 1. The largest absolute Gasteiger partial charge is 0.444 e. The minimum atomic E-state index is -0.222. The topological polar surface area (TPSA) is 84.4 Å². The fraction of sp³-hybridized carbons (Fsp3) is 0.474. The monoisotopic (exact) mass is 344 g/mol. The molecule has 0 aliphatic rings. The standard InChI is InChI=1S/C19H28N4O2/c1-4-23(5-2)12-8-9-14(3)21-18(24)17-13-25-19(22-17)15-10-6-7-11-16(15)20/h6-7,10-11,13-14H,4-5,8-9,12,20H2,1-3H3,(H,21,24). The lowest BCUT2D eigenvalue weighted by molar-refractivity contribution is 0.0932. The number of carbonyl (C=O) groups is 1. The summed E-state index contributed by atoms with van der Waals surface area (Å²) in [5, 5.41) is 2.97. The molecule has 0 spiro atoms.